The maximum atomic E-state index is 5.56. The van der Waals surface area contributed by atoms with E-state index in [0.717, 1.165) is 32.0 Å². The summed E-state index contributed by atoms with van der Waals surface area (Å²) in [4.78, 5) is 19.4. The maximum absolute atomic E-state index is 5.56. The smallest absolute Gasteiger partial charge is 0.219 e. The second-order valence-electron chi connectivity index (χ2n) is 6.29. The van der Waals surface area contributed by atoms with Gasteiger partial charge in [-0.2, -0.15) is 0 Å². The highest BCUT2D eigenvalue weighted by Gasteiger charge is 2.13. The number of nitrogens with zero attached hydrogens (tertiary/aromatic N) is 4. The molecule has 0 aliphatic rings. The van der Waals surface area contributed by atoms with Gasteiger partial charge in [0, 0.05) is 39.2 Å². The third-order valence-electron chi connectivity index (χ3n) is 4.36. The SMILES string of the molecule is COc1cc2nc(C)nc(NCc3ccc(-c4cnc(N)nc4)s3)c2cc1OC. The first kappa shape index (κ1) is 18.9. The molecule has 9 heteroatoms. The number of nitrogens with one attached hydrogen (secondary N) is 1. The third kappa shape index (κ3) is 3.90. The van der Waals surface area contributed by atoms with Crippen LogP contribution in [0.25, 0.3) is 21.3 Å². The van der Waals surface area contributed by atoms with Crippen LogP contribution in [0.15, 0.2) is 36.7 Å². The number of aromatic nitrogens is 4. The molecule has 4 aromatic rings. The van der Waals surface area contributed by atoms with E-state index >= 15 is 0 Å². The van der Waals surface area contributed by atoms with Gasteiger partial charge in [0.1, 0.15) is 11.6 Å². The highest BCUT2D eigenvalue weighted by Crippen LogP contribution is 2.34. The van der Waals surface area contributed by atoms with Crippen LogP contribution in [0.3, 0.4) is 0 Å². The predicted octanol–water partition coefficient (Wildman–Crippen LogP) is 3.67. The lowest BCUT2D eigenvalue weighted by atomic mass is 10.2. The van der Waals surface area contributed by atoms with E-state index in [1.807, 2.05) is 25.1 Å². The molecule has 3 aromatic heterocycles. The zero-order chi connectivity index (χ0) is 20.4. The zero-order valence-electron chi connectivity index (χ0n) is 16.3. The van der Waals surface area contributed by atoms with Gasteiger partial charge in [0.05, 0.1) is 26.3 Å². The molecule has 0 atom stereocenters. The van der Waals surface area contributed by atoms with Gasteiger partial charge >= 0.3 is 0 Å². The first-order valence-corrected chi connectivity index (χ1v) is 9.70. The van der Waals surface area contributed by atoms with Gasteiger partial charge < -0.3 is 20.5 Å². The summed E-state index contributed by atoms with van der Waals surface area (Å²) < 4.78 is 10.8. The minimum atomic E-state index is 0.269. The number of ether oxygens (including phenoxy) is 2. The Kier molecular flexibility index (Phi) is 5.13. The second kappa shape index (κ2) is 7.88. The summed E-state index contributed by atoms with van der Waals surface area (Å²) in [7, 11) is 3.22. The van der Waals surface area contributed by atoms with Crippen LogP contribution >= 0.6 is 11.3 Å². The van der Waals surface area contributed by atoms with E-state index in [1.165, 1.54) is 0 Å². The first-order valence-electron chi connectivity index (χ1n) is 8.88. The maximum Gasteiger partial charge on any atom is 0.219 e. The summed E-state index contributed by atoms with van der Waals surface area (Å²) in [6.45, 7) is 2.49. The Labute approximate surface area is 171 Å². The van der Waals surface area contributed by atoms with Crippen molar-refractivity contribution in [3.05, 3.63) is 47.4 Å². The van der Waals surface area contributed by atoms with Crippen LogP contribution in [0.4, 0.5) is 11.8 Å². The molecule has 1 aromatic carbocycles. The van der Waals surface area contributed by atoms with Crippen LogP contribution in [0.2, 0.25) is 0 Å². The number of benzene rings is 1. The molecule has 0 saturated heterocycles. The van der Waals surface area contributed by atoms with E-state index in [2.05, 4.69) is 31.3 Å². The minimum absolute atomic E-state index is 0.269. The second-order valence-corrected chi connectivity index (χ2v) is 7.46. The monoisotopic (exact) mass is 408 g/mol. The van der Waals surface area contributed by atoms with Crippen molar-refractivity contribution in [2.45, 2.75) is 13.5 Å². The van der Waals surface area contributed by atoms with Gasteiger partial charge in [-0.1, -0.05) is 0 Å². The van der Waals surface area contributed by atoms with E-state index in [9.17, 15) is 0 Å². The first-order chi connectivity index (χ1) is 14.1. The van der Waals surface area contributed by atoms with Gasteiger partial charge in [-0.25, -0.2) is 19.9 Å². The number of thiophene rings is 1. The zero-order valence-corrected chi connectivity index (χ0v) is 17.1. The van der Waals surface area contributed by atoms with Crippen LogP contribution in [-0.4, -0.2) is 34.2 Å². The van der Waals surface area contributed by atoms with E-state index < -0.39 is 0 Å². The number of nitrogens with two attached hydrogens (primary N) is 1. The van der Waals surface area contributed by atoms with Gasteiger partial charge in [0.25, 0.3) is 0 Å². The van der Waals surface area contributed by atoms with E-state index in [-0.39, 0.29) is 5.95 Å². The molecule has 0 saturated carbocycles. The number of fused-ring (bicyclic) bond motifs is 1. The summed E-state index contributed by atoms with van der Waals surface area (Å²) >= 11 is 1.66. The van der Waals surface area contributed by atoms with Crippen molar-refractivity contribution < 1.29 is 9.47 Å². The lowest BCUT2D eigenvalue weighted by Crippen LogP contribution is -2.04. The van der Waals surface area contributed by atoms with Crippen molar-refractivity contribution in [3.63, 3.8) is 0 Å². The van der Waals surface area contributed by atoms with Crippen LogP contribution in [0.5, 0.6) is 11.5 Å². The van der Waals surface area contributed by atoms with E-state index in [1.54, 1.807) is 38.0 Å². The molecule has 0 fully saturated rings. The highest BCUT2D eigenvalue weighted by atomic mass is 32.1. The van der Waals surface area contributed by atoms with Crippen molar-refractivity contribution in [1.29, 1.82) is 0 Å². The molecule has 148 valence electrons. The molecule has 0 amide bonds. The molecular formula is C20H20N6O2S. The van der Waals surface area contributed by atoms with E-state index in [4.69, 9.17) is 15.2 Å². The molecular weight excluding hydrogens is 388 g/mol. The van der Waals surface area contributed by atoms with Crippen molar-refractivity contribution in [2.24, 2.45) is 0 Å². The molecule has 0 unspecified atom stereocenters. The summed E-state index contributed by atoms with van der Waals surface area (Å²) in [6.07, 6.45) is 3.46. The van der Waals surface area contributed by atoms with Gasteiger partial charge in [-0.3, -0.25) is 0 Å². The number of aryl methyl sites for hydroxylation is 1. The largest absolute Gasteiger partial charge is 0.493 e. The Morgan fingerprint density at radius 1 is 1.03 bits per heavy atom. The third-order valence-corrected chi connectivity index (χ3v) is 5.50. The summed E-state index contributed by atoms with van der Waals surface area (Å²) in [5, 5.41) is 4.29. The summed E-state index contributed by atoms with van der Waals surface area (Å²) in [6, 6.07) is 7.87. The number of nitrogen functional groups attached to an aromatic ring is 1. The predicted molar refractivity (Wildman–Crippen MR) is 114 cm³/mol. The number of hydrogen-bond donors (Lipinski definition) is 2. The fourth-order valence-corrected chi connectivity index (χ4v) is 3.89. The molecule has 0 spiro atoms. The van der Waals surface area contributed by atoms with Crippen LogP contribution in [0.1, 0.15) is 10.7 Å². The fraction of sp³-hybridized carbons (Fsp3) is 0.200. The van der Waals surface area contributed by atoms with Gasteiger partial charge in [-0.05, 0) is 25.1 Å². The Hall–Kier alpha value is -3.46. The highest BCUT2D eigenvalue weighted by molar-refractivity contribution is 7.15. The summed E-state index contributed by atoms with van der Waals surface area (Å²) in [5.41, 5.74) is 7.30. The van der Waals surface area contributed by atoms with Gasteiger partial charge in [-0.15, -0.1) is 11.3 Å². The van der Waals surface area contributed by atoms with Crippen molar-refractivity contribution in [3.8, 4) is 21.9 Å². The normalized spacial score (nSPS) is 10.9. The molecule has 0 aliphatic heterocycles. The van der Waals surface area contributed by atoms with Gasteiger partial charge in [0.15, 0.2) is 11.5 Å². The Balaban J connectivity index is 1.60. The molecule has 0 radical (unpaired) electrons. The Morgan fingerprint density at radius 3 is 2.48 bits per heavy atom. The van der Waals surface area contributed by atoms with Crippen molar-refractivity contribution in [2.75, 3.05) is 25.3 Å². The topological polar surface area (TPSA) is 108 Å². The fourth-order valence-electron chi connectivity index (χ4n) is 2.97. The Morgan fingerprint density at radius 2 is 1.76 bits per heavy atom. The number of methoxy groups -OCH3 is 2. The molecule has 8 nitrogen and oxygen atoms in total. The molecule has 0 bridgehead atoms. The van der Waals surface area contributed by atoms with Crippen molar-refractivity contribution in [1.82, 2.24) is 19.9 Å². The standard InChI is InChI=1S/C20H20N6O2S/c1-11-25-15-7-17(28-3)16(27-2)6-14(15)19(26-11)22-10-13-4-5-18(29-13)12-8-23-20(21)24-9-12/h4-9H,10H2,1-3H3,(H2,21,23,24)(H,22,25,26). The number of hydrogen-bond acceptors (Lipinski definition) is 9. The molecule has 3 N–H and O–H groups in total. The summed E-state index contributed by atoms with van der Waals surface area (Å²) in [5.74, 6) is 2.97. The minimum Gasteiger partial charge on any atom is -0.493 e. The molecule has 3 heterocycles. The van der Waals surface area contributed by atoms with Gasteiger partial charge in [0.2, 0.25) is 5.95 Å². The Bertz CT molecular complexity index is 1160. The van der Waals surface area contributed by atoms with Crippen LogP contribution < -0.4 is 20.5 Å². The van der Waals surface area contributed by atoms with Crippen LogP contribution in [0, 0.1) is 6.92 Å². The molecule has 29 heavy (non-hydrogen) atoms. The molecule has 0 aliphatic carbocycles. The lowest BCUT2D eigenvalue weighted by Gasteiger charge is -2.12. The van der Waals surface area contributed by atoms with E-state index in [0.29, 0.717) is 23.9 Å². The number of rotatable bonds is 6. The molecule has 4 rings (SSSR count). The lowest BCUT2D eigenvalue weighted by molar-refractivity contribution is 0.356. The number of anilines is 2. The van der Waals surface area contributed by atoms with Crippen molar-refractivity contribution >= 4 is 34.0 Å². The average molecular weight is 408 g/mol. The average Bonchev–Trinajstić information content (AvgIpc) is 3.20. The van der Waals surface area contributed by atoms with Crippen LogP contribution in [-0.2, 0) is 6.54 Å². The quantitative estimate of drug-likeness (QED) is 0.497.